The van der Waals surface area contributed by atoms with Gasteiger partial charge in [0, 0.05) is 22.5 Å². The minimum absolute atomic E-state index is 0.00656. The lowest BCUT2D eigenvalue weighted by atomic mass is 9.72. The predicted molar refractivity (Wildman–Crippen MR) is 268 cm³/mol. The Bertz CT molecular complexity index is 3030. The molecule has 10 rings (SSSR count). The van der Waals surface area contributed by atoms with E-state index in [-0.39, 0.29) is 10.8 Å². The number of fused-ring (bicyclic) bond motifs is 6. The van der Waals surface area contributed by atoms with Gasteiger partial charge in [-0.2, -0.15) is 0 Å². The van der Waals surface area contributed by atoms with E-state index in [1.807, 2.05) is 42.5 Å². The molecule has 4 aliphatic carbocycles. The quantitative estimate of drug-likeness (QED) is 0.108. The molecule has 306 valence electrons. The topological polar surface area (TPSA) is 24.7 Å². The summed E-state index contributed by atoms with van der Waals surface area (Å²) < 4.78 is 0. The van der Waals surface area contributed by atoms with E-state index in [0.29, 0.717) is 23.4 Å². The van der Waals surface area contributed by atoms with Crippen LogP contribution in [0.25, 0.3) is 33.5 Å². The Morgan fingerprint density at radius 3 is 2.02 bits per heavy atom. The van der Waals surface area contributed by atoms with Crippen molar-refractivity contribution in [3.05, 3.63) is 263 Å². The third kappa shape index (κ3) is 7.20. The maximum absolute atomic E-state index is 5.41. The Morgan fingerprint density at radius 1 is 0.619 bits per heavy atom. The lowest BCUT2D eigenvalue weighted by Crippen LogP contribution is -2.25. The predicted octanol–water partition coefficient (Wildman–Crippen LogP) is 15.2. The van der Waals surface area contributed by atoms with Crippen LogP contribution in [0.15, 0.2) is 223 Å². The molecule has 0 saturated heterocycles. The molecule has 6 aromatic rings. The summed E-state index contributed by atoms with van der Waals surface area (Å²) in [5.41, 5.74) is 19.4. The number of aliphatic imine (C=N–C) groups is 2. The van der Waals surface area contributed by atoms with Crippen molar-refractivity contribution in [2.45, 2.75) is 50.9 Å². The molecule has 2 nitrogen and oxygen atoms in total. The molecule has 0 heterocycles. The fourth-order valence-corrected chi connectivity index (χ4v) is 10.3. The summed E-state index contributed by atoms with van der Waals surface area (Å²) in [4.78, 5) is 10.6. The number of amidine groups is 1. The van der Waals surface area contributed by atoms with Gasteiger partial charge in [-0.15, -0.1) is 0 Å². The molecule has 6 aromatic carbocycles. The molecule has 0 aromatic heterocycles. The second-order valence-electron chi connectivity index (χ2n) is 18.3. The Balaban J connectivity index is 1.12. The Morgan fingerprint density at radius 2 is 1.27 bits per heavy atom. The van der Waals surface area contributed by atoms with E-state index in [0.717, 1.165) is 51.1 Å². The maximum atomic E-state index is 5.41. The van der Waals surface area contributed by atoms with Crippen molar-refractivity contribution in [1.82, 2.24) is 0 Å². The molecular weight excluding hydrogens is 761 g/mol. The van der Waals surface area contributed by atoms with Gasteiger partial charge in [0.15, 0.2) is 5.84 Å². The van der Waals surface area contributed by atoms with Gasteiger partial charge in [0.25, 0.3) is 0 Å². The highest BCUT2D eigenvalue weighted by Crippen LogP contribution is 2.55. The maximum Gasteiger partial charge on any atom is 0.160 e. The molecule has 0 N–H and O–H groups in total. The smallest absolute Gasteiger partial charge is 0.160 e. The average molecular weight is 813 g/mol. The van der Waals surface area contributed by atoms with E-state index >= 15 is 0 Å². The van der Waals surface area contributed by atoms with Crippen LogP contribution in [0.5, 0.6) is 0 Å². The molecule has 0 amide bonds. The van der Waals surface area contributed by atoms with Crippen molar-refractivity contribution < 1.29 is 0 Å². The molecule has 0 bridgehead atoms. The summed E-state index contributed by atoms with van der Waals surface area (Å²) in [5.74, 6) is 1.26. The van der Waals surface area contributed by atoms with Gasteiger partial charge < -0.3 is 0 Å². The molecule has 0 saturated carbocycles. The molecule has 4 aliphatic rings. The number of benzene rings is 6. The fraction of sp³-hybridized carbons (Fsp3) is 0.148. The first-order chi connectivity index (χ1) is 30.6. The molecule has 0 radical (unpaired) electrons. The van der Waals surface area contributed by atoms with Crippen LogP contribution in [0, 0.1) is 5.92 Å². The highest BCUT2D eigenvalue weighted by molar-refractivity contribution is 6.18. The summed E-state index contributed by atoms with van der Waals surface area (Å²) in [7, 11) is 0. The number of hydrogen-bond donors (Lipinski definition) is 0. The molecular formula is C61H52N2. The first kappa shape index (κ1) is 39.9. The lowest BCUT2D eigenvalue weighted by Gasteiger charge is -2.31. The number of rotatable bonds is 8. The van der Waals surface area contributed by atoms with E-state index < -0.39 is 0 Å². The van der Waals surface area contributed by atoms with E-state index in [1.165, 1.54) is 44.5 Å². The summed E-state index contributed by atoms with van der Waals surface area (Å²) in [6.07, 6.45) is 17.2. The lowest BCUT2D eigenvalue weighted by molar-refractivity contribution is 0.395. The van der Waals surface area contributed by atoms with E-state index in [4.69, 9.17) is 9.98 Å². The molecule has 2 unspecified atom stereocenters. The highest BCUT2D eigenvalue weighted by atomic mass is 14.9. The molecule has 2 atom stereocenters. The van der Waals surface area contributed by atoms with Gasteiger partial charge in [0.05, 0.1) is 11.4 Å². The highest BCUT2D eigenvalue weighted by Gasteiger charge is 2.45. The van der Waals surface area contributed by atoms with E-state index in [1.54, 1.807) is 0 Å². The number of hydrogen-bond acceptors (Lipinski definition) is 1. The van der Waals surface area contributed by atoms with Crippen LogP contribution >= 0.6 is 0 Å². The monoisotopic (exact) mass is 812 g/mol. The SMILES string of the molecule is C=C/C(=N\C(=N/C(=C)c1ccccc1)c1ccc(-c2ccccc2)cc1)c1cc(C2=CCC=C3C(=C2)C(C)(C)c2ccccc23)cc(C2=CC3C(C=C2)c2ccccc2C3(C)C)c1. The Labute approximate surface area is 373 Å². The van der Waals surface area contributed by atoms with Crippen molar-refractivity contribution in [2.75, 3.05) is 0 Å². The normalized spacial score (nSPS) is 19.3. The Kier molecular flexibility index (Phi) is 10.1. The summed E-state index contributed by atoms with van der Waals surface area (Å²) in [6, 6.07) is 53.9. The van der Waals surface area contributed by atoms with Crippen molar-refractivity contribution in [2.24, 2.45) is 15.9 Å². The zero-order valence-electron chi connectivity index (χ0n) is 36.6. The summed E-state index contributed by atoms with van der Waals surface area (Å²) >= 11 is 0. The van der Waals surface area contributed by atoms with Gasteiger partial charge in [-0.25, -0.2) is 9.98 Å². The molecule has 0 aliphatic heterocycles. The second-order valence-corrected chi connectivity index (χ2v) is 18.3. The van der Waals surface area contributed by atoms with Crippen molar-refractivity contribution in [1.29, 1.82) is 0 Å². The van der Waals surface area contributed by atoms with Crippen LogP contribution < -0.4 is 0 Å². The van der Waals surface area contributed by atoms with Crippen LogP contribution in [0.1, 0.15) is 90.1 Å². The summed E-state index contributed by atoms with van der Waals surface area (Å²) in [5, 5.41) is 0. The zero-order valence-corrected chi connectivity index (χ0v) is 36.6. The number of nitrogens with zero attached hydrogens (tertiary/aromatic N) is 2. The number of allylic oxidation sites excluding steroid dienone is 11. The van der Waals surface area contributed by atoms with Crippen molar-refractivity contribution in [3.8, 4) is 11.1 Å². The van der Waals surface area contributed by atoms with Crippen LogP contribution in [-0.2, 0) is 10.8 Å². The van der Waals surface area contributed by atoms with E-state index in [2.05, 4.69) is 193 Å². The zero-order chi connectivity index (χ0) is 43.3. The average Bonchev–Trinajstić information content (AvgIpc) is 3.52. The Hall–Kier alpha value is -7.16. The minimum atomic E-state index is -0.130. The van der Waals surface area contributed by atoms with Gasteiger partial charge in [0.2, 0.25) is 0 Å². The third-order valence-electron chi connectivity index (χ3n) is 13.8. The van der Waals surface area contributed by atoms with Gasteiger partial charge in [-0.05, 0) is 120 Å². The largest absolute Gasteiger partial charge is 0.229 e. The van der Waals surface area contributed by atoms with Crippen LogP contribution in [0.2, 0.25) is 0 Å². The van der Waals surface area contributed by atoms with Gasteiger partial charge in [0.1, 0.15) is 0 Å². The van der Waals surface area contributed by atoms with Crippen molar-refractivity contribution >= 4 is 34.0 Å². The van der Waals surface area contributed by atoms with Gasteiger partial charge >= 0.3 is 0 Å². The van der Waals surface area contributed by atoms with Crippen LogP contribution in [0.3, 0.4) is 0 Å². The molecule has 0 fully saturated rings. The fourth-order valence-electron chi connectivity index (χ4n) is 10.3. The second kappa shape index (κ2) is 15.9. The molecule has 0 spiro atoms. The minimum Gasteiger partial charge on any atom is -0.229 e. The van der Waals surface area contributed by atoms with E-state index in [9.17, 15) is 0 Å². The van der Waals surface area contributed by atoms with Gasteiger partial charge in [-0.3, -0.25) is 0 Å². The standard InChI is InChI=1S/C61H52N2/c1-7-58(63-59(62-40(2)41-19-10-8-11-20-41)44-31-29-43(30-32-44)42-21-12-9-13-22-42)49-36-47(45-23-18-26-52-50-24-14-16-27-54(50)60(3,4)56(52)38-45)35-48(37-49)46-33-34-53-51-25-15-17-28-55(51)61(5,6)57(53)39-46/h7-17,19-39,53,57H,1-2,18H2,3-6H3/b62-59-,63-58+. The first-order valence-corrected chi connectivity index (χ1v) is 22.2. The van der Waals surface area contributed by atoms with Crippen LogP contribution in [-0.4, -0.2) is 11.5 Å². The van der Waals surface area contributed by atoms with Gasteiger partial charge in [-0.1, -0.05) is 205 Å². The van der Waals surface area contributed by atoms with Crippen LogP contribution in [0.4, 0.5) is 0 Å². The first-order valence-electron chi connectivity index (χ1n) is 22.2. The third-order valence-corrected chi connectivity index (χ3v) is 13.8. The molecule has 63 heavy (non-hydrogen) atoms. The van der Waals surface area contributed by atoms with Crippen molar-refractivity contribution in [3.63, 3.8) is 0 Å². The summed E-state index contributed by atoms with van der Waals surface area (Å²) in [6.45, 7) is 18.3. The molecule has 2 heteroatoms.